The smallest absolute Gasteiger partial charge is 0.255 e. The first-order chi connectivity index (χ1) is 12.4. The van der Waals surface area contributed by atoms with Crippen molar-refractivity contribution in [3.63, 3.8) is 0 Å². The molecule has 2 aromatic rings. The van der Waals surface area contributed by atoms with Gasteiger partial charge < -0.3 is 15.5 Å². The molecule has 0 aromatic heterocycles. The van der Waals surface area contributed by atoms with Crippen LogP contribution in [0.2, 0.25) is 5.02 Å². The Bertz CT molecular complexity index is 790. The summed E-state index contributed by atoms with van der Waals surface area (Å²) in [6.45, 7) is 3.39. The Morgan fingerprint density at radius 3 is 2.42 bits per heavy atom. The Kier molecular flexibility index (Phi) is 7.18. The van der Waals surface area contributed by atoms with Crippen molar-refractivity contribution in [2.45, 2.75) is 13.3 Å². The molecule has 0 aliphatic rings. The number of nitrogens with one attached hydrogen (secondary N) is 2. The molecule has 0 fully saturated rings. The lowest BCUT2D eigenvalue weighted by Gasteiger charge is -2.11. The number of halogens is 1. The van der Waals surface area contributed by atoms with Crippen molar-refractivity contribution in [1.82, 2.24) is 10.2 Å². The lowest BCUT2D eigenvalue weighted by molar-refractivity contribution is 0.0952. The highest BCUT2D eigenvalue weighted by atomic mass is 35.5. The minimum absolute atomic E-state index is 0.183. The zero-order valence-corrected chi connectivity index (χ0v) is 16.1. The molecule has 0 unspecified atom stereocenters. The monoisotopic (exact) mass is 373 g/mol. The van der Waals surface area contributed by atoms with Gasteiger partial charge in [-0.15, -0.1) is 0 Å². The maximum absolute atomic E-state index is 12.5. The average Bonchev–Trinajstić information content (AvgIpc) is 2.61. The standard InChI is InChI=1S/C20H24ClN3O2/c1-14-8-9-17(21)13-18(14)23-20(26)16-7-4-6-15(12-16)19(25)22-10-5-11-24(2)3/h4,6-9,12-13H,5,10-11H2,1-3H3,(H,22,25)(H,23,26). The Balaban J connectivity index is 2.02. The number of amides is 2. The van der Waals surface area contributed by atoms with Crippen LogP contribution in [0.3, 0.4) is 0 Å². The van der Waals surface area contributed by atoms with Gasteiger partial charge in [0.2, 0.25) is 0 Å². The average molecular weight is 374 g/mol. The fourth-order valence-electron chi connectivity index (χ4n) is 2.42. The van der Waals surface area contributed by atoms with Crippen molar-refractivity contribution >= 4 is 29.1 Å². The Morgan fingerprint density at radius 1 is 1.04 bits per heavy atom. The topological polar surface area (TPSA) is 61.4 Å². The van der Waals surface area contributed by atoms with Crippen LogP contribution in [0.25, 0.3) is 0 Å². The number of rotatable bonds is 7. The van der Waals surface area contributed by atoms with Crippen molar-refractivity contribution < 1.29 is 9.59 Å². The summed E-state index contributed by atoms with van der Waals surface area (Å²) >= 11 is 5.99. The van der Waals surface area contributed by atoms with Crippen LogP contribution in [0.5, 0.6) is 0 Å². The molecule has 2 rings (SSSR count). The Labute approximate surface area is 159 Å². The molecule has 0 bridgehead atoms. The van der Waals surface area contributed by atoms with Crippen molar-refractivity contribution in [2.24, 2.45) is 0 Å². The molecule has 138 valence electrons. The van der Waals surface area contributed by atoms with Crippen LogP contribution in [0.1, 0.15) is 32.7 Å². The summed E-state index contributed by atoms with van der Waals surface area (Å²) in [7, 11) is 3.98. The first kappa shape index (κ1) is 19.9. The van der Waals surface area contributed by atoms with Crippen LogP contribution < -0.4 is 10.6 Å². The van der Waals surface area contributed by atoms with E-state index in [1.165, 1.54) is 0 Å². The zero-order valence-electron chi connectivity index (χ0n) is 15.3. The van der Waals surface area contributed by atoms with Crippen molar-refractivity contribution in [2.75, 3.05) is 32.5 Å². The normalized spacial score (nSPS) is 10.7. The van der Waals surface area contributed by atoms with Gasteiger partial charge in [-0.25, -0.2) is 0 Å². The second-order valence-corrected chi connectivity index (χ2v) is 6.84. The number of nitrogens with zero attached hydrogens (tertiary/aromatic N) is 1. The van der Waals surface area contributed by atoms with Crippen molar-refractivity contribution in [3.8, 4) is 0 Å². The van der Waals surface area contributed by atoms with Gasteiger partial charge in [0.15, 0.2) is 0 Å². The van der Waals surface area contributed by atoms with Crippen LogP contribution in [-0.2, 0) is 0 Å². The molecule has 2 amide bonds. The molecule has 6 heteroatoms. The zero-order chi connectivity index (χ0) is 19.1. The van der Waals surface area contributed by atoms with Crippen molar-refractivity contribution in [3.05, 3.63) is 64.2 Å². The van der Waals surface area contributed by atoms with Gasteiger partial charge in [-0.1, -0.05) is 23.7 Å². The fourth-order valence-corrected chi connectivity index (χ4v) is 2.60. The number of aryl methyl sites for hydroxylation is 1. The van der Waals surface area contributed by atoms with E-state index in [1.54, 1.807) is 36.4 Å². The van der Waals surface area contributed by atoms with Crippen LogP contribution >= 0.6 is 11.6 Å². The third kappa shape index (κ3) is 5.86. The van der Waals surface area contributed by atoms with Gasteiger partial charge in [0.25, 0.3) is 11.8 Å². The third-order valence-electron chi connectivity index (χ3n) is 3.90. The van der Waals surface area contributed by atoms with E-state index in [4.69, 9.17) is 11.6 Å². The molecule has 0 heterocycles. The SMILES string of the molecule is Cc1ccc(Cl)cc1NC(=O)c1cccc(C(=O)NCCCN(C)C)c1. The van der Waals surface area contributed by atoms with Gasteiger partial charge in [0, 0.05) is 28.4 Å². The summed E-state index contributed by atoms with van der Waals surface area (Å²) in [5.74, 6) is -0.463. The number of benzene rings is 2. The molecule has 0 radical (unpaired) electrons. The number of carbonyl (C=O) groups excluding carboxylic acids is 2. The first-order valence-electron chi connectivity index (χ1n) is 8.47. The van der Waals surface area contributed by atoms with E-state index in [-0.39, 0.29) is 11.8 Å². The summed E-state index contributed by atoms with van der Waals surface area (Å²) in [6.07, 6.45) is 0.868. The minimum atomic E-state index is -0.280. The highest BCUT2D eigenvalue weighted by Crippen LogP contribution is 2.21. The molecule has 0 aliphatic carbocycles. The van der Waals surface area contributed by atoms with E-state index in [2.05, 4.69) is 15.5 Å². The van der Waals surface area contributed by atoms with Gasteiger partial charge in [-0.2, -0.15) is 0 Å². The van der Waals surface area contributed by atoms with E-state index in [9.17, 15) is 9.59 Å². The molecule has 0 saturated heterocycles. The summed E-state index contributed by atoms with van der Waals surface area (Å²) in [4.78, 5) is 26.8. The van der Waals surface area contributed by atoms with Crippen LogP contribution in [0.4, 0.5) is 5.69 Å². The van der Waals surface area contributed by atoms with E-state index < -0.39 is 0 Å². The predicted molar refractivity (Wildman–Crippen MR) is 106 cm³/mol. The molecule has 0 aliphatic heterocycles. The second-order valence-electron chi connectivity index (χ2n) is 6.41. The van der Waals surface area contributed by atoms with Crippen LogP contribution in [0, 0.1) is 6.92 Å². The molecular weight excluding hydrogens is 350 g/mol. The van der Waals surface area contributed by atoms with Crippen LogP contribution in [-0.4, -0.2) is 43.9 Å². The molecule has 2 aromatic carbocycles. The maximum atomic E-state index is 12.5. The highest BCUT2D eigenvalue weighted by molar-refractivity contribution is 6.31. The lowest BCUT2D eigenvalue weighted by Crippen LogP contribution is -2.27. The summed E-state index contributed by atoms with van der Waals surface area (Å²) in [5, 5.41) is 6.26. The van der Waals surface area contributed by atoms with Crippen LogP contribution in [0.15, 0.2) is 42.5 Å². The van der Waals surface area contributed by atoms with Gasteiger partial charge >= 0.3 is 0 Å². The minimum Gasteiger partial charge on any atom is -0.352 e. The molecule has 0 spiro atoms. The van der Waals surface area contributed by atoms with Gasteiger partial charge in [0.05, 0.1) is 0 Å². The molecule has 2 N–H and O–H groups in total. The summed E-state index contributed by atoms with van der Waals surface area (Å²) in [5.41, 5.74) is 2.45. The number of anilines is 1. The van der Waals surface area contributed by atoms with E-state index in [0.717, 1.165) is 18.5 Å². The molecular formula is C20H24ClN3O2. The molecule has 26 heavy (non-hydrogen) atoms. The first-order valence-corrected chi connectivity index (χ1v) is 8.85. The summed E-state index contributed by atoms with van der Waals surface area (Å²) < 4.78 is 0. The van der Waals surface area contributed by atoms with E-state index >= 15 is 0 Å². The van der Waals surface area contributed by atoms with Gasteiger partial charge in [0.1, 0.15) is 0 Å². The molecule has 5 nitrogen and oxygen atoms in total. The highest BCUT2D eigenvalue weighted by Gasteiger charge is 2.12. The van der Waals surface area contributed by atoms with Gasteiger partial charge in [-0.05, 0) is 69.9 Å². The van der Waals surface area contributed by atoms with E-state index in [0.29, 0.717) is 28.4 Å². The fraction of sp³-hybridized carbons (Fsp3) is 0.300. The second kappa shape index (κ2) is 9.36. The molecule has 0 saturated carbocycles. The number of hydrogen-bond acceptors (Lipinski definition) is 3. The molecule has 0 atom stereocenters. The van der Waals surface area contributed by atoms with E-state index in [1.807, 2.05) is 27.1 Å². The quantitative estimate of drug-likeness (QED) is 0.729. The largest absolute Gasteiger partial charge is 0.352 e. The third-order valence-corrected chi connectivity index (χ3v) is 4.14. The van der Waals surface area contributed by atoms with Crippen molar-refractivity contribution in [1.29, 1.82) is 0 Å². The predicted octanol–water partition coefficient (Wildman–Crippen LogP) is 3.58. The lowest BCUT2D eigenvalue weighted by atomic mass is 10.1. The van der Waals surface area contributed by atoms with Gasteiger partial charge in [-0.3, -0.25) is 9.59 Å². The number of hydrogen-bond donors (Lipinski definition) is 2. The number of carbonyl (C=O) groups is 2. The Morgan fingerprint density at radius 2 is 1.73 bits per heavy atom. The Hall–Kier alpha value is -2.37. The summed E-state index contributed by atoms with van der Waals surface area (Å²) in [6, 6.07) is 12.0. The maximum Gasteiger partial charge on any atom is 0.255 e.